The minimum absolute atomic E-state index is 0.621. The summed E-state index contributed by atoms with van der Waals surface area (Å²) in [5, 5.41) is 6.13. The van der Waals surface area contributed by atoms with Gasteiger partial charge in [-0.15, -0.1) is 0 Å². The first-order valence-corrected chi connectivity index (χ1v) is 50.5. The van der Waals surface area contributed by atoms with E-state index in [4.69, 9.17) is 23.2 Å². The predicted molar refractivity (Wildman–Crippen MR) is 603 cm³/mol. The van der Waals surface area contributed by atoms with Crippen LogP contribution < -0.4 is 0 Å². The van der Waals surface area contributed by atoms with Gasteiger partial charge in [0.05, 0.1) is 32.9 Å². The molecule has 0 radical (unpaired) electrons. The van der Waals surface area contributed by atoms with E-state index in [9.17, 15) is 0 Å². The van der Waals surface area contributed by atoms with Gasteiger partial charge in [0, 0.05) is 54.1 Å². The topological polar surface area (TPSA) is 9.86 Å². The molecule has 144 heavy (non-hydrogen) atoms. The normalized spacial score (nSPS) is 12.9. The second-order valence-corrected chi connectivity index (χ2v) is 39.5. The van der Waals surface area contributed by atoms with Crippen LogP contribution in [-0.2, 0) is 10.8 Å². The van der Waals surface area contributed by atoms with E-state index in [-0.39, 0.29) is 0 Å². The van der Waals surface area contributed by atoms with Gasteiger partial charge in [0.15, 0.2) is 0 Å². The molecule has 0 saturated carbocycles. The van der Waals surface area contributed by atoms with Crippen molar-refractivity contribution in [2.24, 2.45) is 0 Å². The Morgan fingerprint density at radius 3 is 0.556 bits per heavy atom. The standard InChI is InChI=1S/C140H86Cl2N2/c141-99-75-67-95(68-76-99)131-127(91-43-15-5-16-44-91)123(87-35-7-1-8-36-87)125(89-39-11-3-12-40-89)129(133(131)97-71-79-101(80-72-97)143-121-61-33-25-53-109(121)113-85-83-111-107-51-23-31-59-119(107)139(135(111)137(113)143)115-55-27-19-47-103(115)104-48-20-28-56-116(104)139)93-63-65-94(66-64-93)130-126(90-41-13-4-14-42-90)124(88-37-9-2-10-38-88)128(92-45-17-6-18-46-92)132(96-69-77-100(142)78-70-96)134(130)98-73-81-102(82-74-98)144-122-62-34-26-54-110(122)114-86-84-112-108-52-24-32-60-120(108)140(136(112)138(114)144)117-57-29-21-49-105(117)106-50-22-30-58-118(106)140/h1-86H. The number of rotatable bonds is 14. The highest BCUT2D eigenvalue weighted by Crippen LogP contribution is 2.69. The van der Waals surface area contributed by atoms with Crippen molar-refractivity contribution in [3.8, 4) is 189 Å². The molecule has 2 spiro atoms. The molecule has 29 rings (SSSR count). The van der Waals surface area contributed by atoms with Crippen LogP contribution in [0.1, 0.15) is 44.5 Å². The number of hydrogen-bond acceptors (Lipinski definition) is 0. The average molecular weight is 1870 g/mol. The van der Waals surface area contributed by atoms with Gasteiger partial charge in [0.2, 0.25) is 0 Å². The molecular weight excluding hydrogens is 1780 g/mol. The van der Waals surface area contributed by atoms with Crippen LogP contribution in [0.15, 0.2) is 522 Å². The highest BCUT2D eigenvalue weighted by atomic mass is 35.5. The zero-order valence-corrected chi connectivity index (χ0v) is 79.8. The first-order chi connectivity index (χ1) is 71.4. The second kappa shape index (κ2) is 32.9. The van der Waals surface area contributed by atoms with Crippen LogP contribution in [0.3, 0.4) is 0 Å². The Kier molecular flexibility index (Phi) is 19.0. The van der Waals surface area contributed by atoms with Gasteiger partial charge in [-0.3, -0.25) is 0 Å². The molecule has 0 fully saturated rings. The van der Waals surface area contributed by atoms with Crippen LogP contribution in [-0.4, -0.2) is 9.13 Å². The molecule has 0 N–H and O–H groups in total. The quantitative estimate of drug-likeness (QED) is 0.103. The van der Waals surface area contributed by atoms with Crippen LogP contribution in [0.2, 0.25) is 10.0 Å². The minimum atomic E-state index is -0.621. The molecule has 0 aliphatic heterocycles. The zero-order chi connectivity index (χ0) is 95.0. The van der Waals surface area contributed by atoms with Gasteiger partial charge in [0.25, 0.3) is 0 Å². The number of benzene rings is 23. The Morgan fingerprint density at radius 1 is 0.139 bits per heavy atom. The molecule has 0 unspecified atom stereocenters. The van der Waals surface area contributed by atoms with E-state index in [1.54, 1.807) is 0 Å². The fourth-order valence-electron chi connectivity index (χ4n) is 26.0. The van der Waals surface area contributed by atoms with Crippen molar-refractivity contribution in [1.29, 1.82) is 0 Å². The number of hydrogen-bond donors (Lipinski definition) is 0. The smallest absolute Gasteiger partial charge is 0.0746 e. The Bertz CT molecular complexity index is 8880. The van der Waals surface area contributed by atoms with Crippen molar-refractivity contribution >= 4 is 66.8 Å². The molecule has 2 aromatic heterocycles. The second-order valence-electron chi connectivity index (χ2n) is 38.6. The fourth-order valence-corrected chi connectivity index (χ4v) is 26.2. The molecular formula is C140H86Cl2N2. The van der Waals surface area contributed by atoms with Gasteiger partial charge in [-0.2, -0.15) is 0 Å². The SMILES string of the molecule is Clc1ccc(-c2c(-c3ccccc3)c(-c3ccccc3)c(-c3ccccc3)c(-c3ccc(-c4c(-c5ccccc5)c(-c5ccccc5)c(-c5ccccc5)c(-c5ccc(Cl)cc5)c4-c4ccc(-n5c6ccccc6c6ccc7c(c65)C5(c6ccccc6-c6ccccc65)c5ccccc5-7)cc4)cc3)c2-c2ccc(-n3c4ccccc4c4ccc5c(c43)C3(c4ccccc4-c4ccccc43)c3ccccc3-5)cc2)cc1. The third-order valence-electron chi connectivity index (χ3n) is 31.5. The van der Waals surface area contributed by atoms with E-state index >= 15 is 0 Å². The van der Waals surface area contributed by atoms with Crippen molar-refractivity contribution in [3.05, 3.63) is 576 Å². The van der Waals surface area contributed by atoms with E-state index in [0.717, 1.165) is 156 Å². The van der Waals surface area contributed by atoms with Gasteiger partial charge in [-0.25, -0.2) is 0 Å². The summed E-state index contributed by atoms with van der Waals surface area (Å²) < 4.78 is 5.18. The number of para-hydroxylation sites is 2. The lowest BCUT2D eigenvalue weighted by Crippen LogP contribution is -2.26. The van der Waals surface area contributed by atoms with Crippen molar-refractivity contribution in [3.63, 3.8) is 0 Å². The van der Waals surface area contributed by atoms with Crippen molar-refractivity contribution < 1.29 is 0 Å². The molecule has 4 heteroatoms. The van der Waals surface area contributed by atoms with Crippen LogP contribution in [0.5, 0.6) is 0 Å². The molecule has 2 heterocycles. The summed E-state index contributed by atoms with van der Waals surface area (Å²) in [5.41, 5.74) is 51.9. The van der Waals surface area contributed by atoms with Crippen molar-refractivity contribution in [2.45, 2.75) is 10.8 Å². The lowest BCUT2D eigenvalue weighted by atomic mass is 9.70. The number of halogens is 2. The van der Waals surface area contributed by atoms with E-state index in [0.29, 0.717) is 10.0 Å². The maximum atomic E-state index is 7.21. The molecule has 0 bridgehead atoms. The number of fused-ring (bicyclic) bond motifs is 28. The molecule has 23 aromatic carbocycles. The Hall–Kier alpha value is -17.8. The van der Waals surface area contributed by atoms with Crippen LogP contribution >= 0.6 is 23.2 Å². The molecule has 0 atom stereocenters. The maximum Gasteiger partial charge on any atom is 0.0746 e. The van der Waals surface area contributed by atoms with Gasteiger partial charge in [-0.05, 0) is 272 Å². The molecule has 4 aliphatic rings. The summed E-state index contributed by atoms with van der Waals surface area (Å²) in [4.78, 5) is 0. The van der Waals surface area contributed by atoms with Gasteiger partial charge < -0.3 is 9.13 Å². The molecule has 25 aromatic rings. The lowest BCUT2D eigenvalue weighted by molar-refractivity contribution is 0.797. The third kappa shape index (κ3) is 12.1. The first-order valence-electron chi connectivity index (χ1n) is 49.7. The fraction of sp³-hybridized carbons (Fsp3) is 0.0143. The van der Waals surface area contributed by atoms with Crippen LogP contribution in [0.4, 0.5) is 0 Å². The summed E-state index contributed by atoms with van der Waals surface area (Å²) in [6.45, 7) is 0. The van der Waals surface area contributed by atoms with Crippen molar-refractivity contribution in [2.75, 3.05) is 0 Å². The molecule has 670 valence electrons. The van der Waals surface area contributed by atoms with Gasteiger partial charge in [0.1, 0.15) is 0 Å². The van der Waals surface area contributed by atoms with Crippen LogP contribution in [0.25, 0.3) is 233 Å². The summed E-state index contributed by atoms with van der Waals surface area (Å²) >= 11 is 14.4. The number of nitrogens with zero attached hydrogens (tertiary/aromatic N) is 2. The zero-order valence-electron chi connectivity index (χ0n) is 78.3. The Morgan fingerprint density at radius 2 is 0.319 bits per heavy atom. The highest BCUT2D eigenvalue weighted by molar-refractivity contribution is 6.31. The van der Waals surface area contributed by atoms with Crippen molar-refractivity contribution in [1.82, 2.24) is 9.13 Å². The van der Waals surface area contributed by atoms with E-state index in [1.165, 1.54) is 122 Å². The van der Waals surface area contributed by atoms with E-state index in [1.807, 2.05) is 0 Å². The lowest BCUT2D eigenvalue weighted by Gasteiger charge is -2.31. The largest absolute Gasteiger partial charge is 0.309 e. The van der Waals surface area contributed by atoms with E-state index in [2.05, 4.69) is 531 Å². The summed E-state index contributed by atoms with van der Waals surface area (Å²) in [5.74, 6) is 0. The average Bonchev–Trinajstić information content (AvgIpc) is 1.49. The molecule has 0 amide bonds. The Balaban J connectivity index is 0.710. The molecule has 2 nitrogen and oxygen atoms in total. The van der Waals surface area contributed by atoms with Gasteiger partial charge >= 0.3 is 0 Å². The summed E-state index contributed by atoms with van der Waals surface area (Å²) in [6, 6.07) is 196. The Labute approximate surface area is 845 Å². The summed E-state index contributed by atoms with van der Waals surface area (Å²) in [7, 11) is 0. The predicted octanol–water partition coefficient (Wildman–Crippen LogP) is 37.9. The van der Waals surface area contributed by atoms with E-state index < -0.39 is 10.8 Å². The maximum absolute atomic E-state index is 7.21. The first kappa shape index (κ1) is 83.2. The molecule has 0 saturated heterocycles. The third-order valence-corrected chi connectivity index (χ3v) is 32.0. The van der Waals surface area contributed by atoms with Gasteiger partial charge in [-0.1, -0.05) is 484 Å². The monoisotopic (exact) mass is 1860 g/mol. The minimum Gasteiger partial charge on any atom is -0.309 e. The van der Waals surface area contributed by atoms with Crippen LogP contribution in [0, 0.1) is 0 Å². The highest BCUT2D eigenvalue weighted by Gasteiger charge is 2.55. The summed E-state index contributed by atoms with van der Waals surface area (Å²) in [6.07, 6.45) is 0. The molecule has 4 aliphatic carbocycles. The number of aromatic nitrogens is 2.